The van der Waals surface area contributed by atoms with E-state index < -0.39 is 0 Å². The van der Waals surface area contributed by atoms with Gasteiger partial charge in [0.15, 0.2) is 0 Å². The maximum atomic E-state index is 11.7. The van der Waals surface area contributed by atoms with Crippen LogP contribution in [0.1, 0.15) is 27.2 Å². The zero-order valence-electron chi connectivity index (χ0n) is 13.1. The van der Waals surface area contributed by atoms with E-state index in [1.54, 1.807) is 6.92 Å². The van der Waals surface area contributed by atoms with Gasteiger partial charge in [-0.3, -0.25) is 4.79 Å². The van der Waals surface area contributed by atoms with E-state index in [9.17, 15) is 4.79 Å². The van der Waals surface area contributed by atoms with Crippen LogP contribution in [0.2, 0.25) is 0 Å². The Morgan fingerprint density at radius 3 is 2.19 bits per heavy atom. The van der Waals surface area contributed by atoms with E-state index in [-0.39, 0.29) is 12.0 Å². The summed E-state index contributed by atoms with van der Waals surface area (Å²) in [5.41, 5.74) is 0. The van der Waals surface area contributed by atoms with Crippen LogP contribution in [0.25, 0.3) is 0 Å². The summed E-state index contributed by atoms with van der Waals surface area (Å²) >= 11 is 0. The van der Waals surface area contributed by atoms with E-state index in [1.165, 1.54) is 0 Å². The first kappa shape index (κ1) is 17.3. The van der Waals surface area contributed by atoms with Gasteiger partial charge < -0.3 is 19.5 Å². The summed E-state index contributed by atoms with van der Waals surface area (Å²) < 4.78 is 16.0. The third-order valence-corrected chi connectivity index (χ3v) is 2.83. The minimum absolute atomic E-state index is 0.227. The minimum Gasteiger partial charge on any atom is -0.494 e. The van der Waals surface area contributed by atoms with E-state index in [0.717, 1.165) is 11.5 Å². The molecule has 21 heavy (non-hydrogen) atoms. The predicted octanol–water partition coefficient (Wildman–Crippen LogP) is 2.40. The van der Waals surface area contributed by atoms with Gasteiger partial charge in [-0.05, 0) is 44.7 Å². The molecule has 0 radical (unpaired) electrons. The van der Waals surface area contributed by atoms with Crippen LogP contribution in [0.5, 0.6) is 11.5 Å². The number of hydrogen-bond acceptors (Lipinski definition) is 5. The zero-order valence-corrected chi connectivity index (χ0v) is 13.1. The first-order chi connectivity index (χ1) is 10.2. The lowest BCUT2D eigenvalue weighted by Crippen LogP contribution is -2.39. The van der Waals surface area contributed by atoms with Crippen LogP contribution < -0.4 is 14.8 Å². The first-order valence-electron chi connectivity index (χ1n) is 7.46. The fraction of sp³-hybridized carbons (Fsp3) is 0.562. The molecule has 0 heterocycles. The standard InChI is InChI=1S/C16H25NO4/c1-4-17-15(16(18)20-6-3)11-12-21-14-9-7-13(8-10-14)19-5-2/h7-10,15,17H,4-6,11-12H2,1-3H3. The van der Waals surface area contributed by atoms with Gasteiger partial charge in [0, 0.05) is 6.42 Å². The van der Waals surface area contributed by atoms with Gasteiger partial charge in [-0.25, -0.2) is 0 Å². The first-order valence-corrected chi connectivity index (χ1v) is 7.46. The van der Waals surface area contributed by atoms with Crippen molar-refractivity contribution in [3.05, 3.63) is 24.3 Å². The highest BCUT2D eigenvalue weighted by Crippen LogP contribution is 2.17. The molecule has 0 aliphatic rings. The Hall–Kier alpha value is -1.75. The van der Waals surface area contributed by atoms with Crippen molar-refractivity contribution in [1.82, 2.24) is 5.32 Å². The number of esters is 1. The van der Waals surface area contributed by atoms with Crippen molar-refractivity contribution in [2.45, 2.75) is 33.2 Å². The lowest BCUT2D eigenvalue weighted by molar-refractivity contribution is -0.146. The maximum Gasteiger partial charge on any atom is 0.323 e. The van der Waals surface area contributed by atoms with E-state index in [4.69, 9.17) is 14.2 Å². The molecule has 5 heteroatoms. The highest BCUT2D eigenvalue weighted by atomic mass is 16.5. The van der Waals surface area contributed by atoms with Crippen molar-refractivity contribution in [1.29, 1.82) is 0 Å². The Labute approximate surface area is 126 Å². The Morgan fingerprint density at radius 2 is 1.67 bits per heavy atom. The second-order valence-electron chi connectivity index (χ2n) is 4.40. The summed E-state index contributed by atoms with van der Waals surface area (Å²) in [4.78, 5) is 11.7. The summed E-state index contributed by atoms with van der Waals surface area (Å²) in [6, 6.07) is 7.13. The second kappa shape index (κ2) is 10.0. The summed E-state index contributed by atoms with van der Waals surface area (Å²) in [6.45, 7) is 7.90. The minimum atomic E-state index is -0.322. The van der Waals surface area contributed by atoms with Gasteiger partial charge in [-0.15, -0.1) is 0 Å². The molecule has 1 aromatic rings. The van der Waals surface area contributed by atoms with Gasteiger partial charge in [0.25, 0.3) is 0 Å². The van der Waals surface area contributed by atoms with Crippen LogP contribution in [0.4, 0.5) is 0 Å². The molecule has 0 saturated heterocycles. The molecule has 5 nitrogen and oxygen atoms in total. The number of hydrogen-bond donors (Lipinski definition) is 1. The number of likely N-dealkylation sites (N-methyl/N-ethyl adjacent to an activating group) is 1. The predicted molar refractivity (Wildman–Crippen MR) is 81.8 cm³/mol. The van der Waals surface area contributed by atoms with E-state index in [0.29, 0.717) is 32.8 Å². The number of nitrogens with one attached hydrogen (secondary N) is 1. The molecule has 0 fully saturated rings. The third kappa shape index (κ3) is 6.49. The summed E-state index contributed by atoms with van der Waals surface area (Å²) in [5, 5.41) is 3.10. The molecule has 1 N–H and O–H groups in total. The molecule has 1 aromatic carbocycles. The fourth-order valence-corrected chi connectivity index (χ4v) is 1.89. The molecule has 118 valence electrons. The Kier molecular flexibility index (Phi) is 8.28. The van der Waals surface area contributed by atoms with Crippen LogP contribution >= 0.6 is 0 Å². The van der Waals surface area contributed by atoms with Gasteiger partial charge in [0.05, 0.1) is 19.8 Å². The van der Waals surface area contributed by atoms with Gasteiger partial charge >= 0.3 is 5.97 Å². The maximum absolute atomic E-state index is 11.7. The number of rotatable bonds is 10. The van der Waals surface area contributed by atoms with Gasteiger partial charge in [-0.1, -0.05) is 6.92 Å². The monoisotopic (exact) mass is 295 g/mol. The normalized spacial score (nSPS) is 11.8. The molecular weight excluding hydrogens is 270 g/mol. The van der Waals surface area contributed by atoms with Crippen molar-refractivity contribution in [2.24, 2.45) is 0 Å². The Balaban J connectivity index is 2.40. The van der Waals surface area contributed by atoms with Crippen molar-refractivity contribution in [3.63, 3.8) is 0 Å². The number of benzene rings is 1. The molecule has 0 amide bonds. The quantitative estimate of drug-likeness (QED) is 0.672. The average molecular weight is 295 g/mol. The van der Waals surface area contributed by atoms with Crippen molar-refractivity contribution in [2.75, 3.05) is 26.4 Å². The second-order valence-corrected chi connectivity index (χ2v) is 4.40. The Bertz CT molecular complexity index is 405. The highest BCUT2D eigenvalue weighted by Gasteiger charge is 2.18. The molecule has 0 saturated carbocycles. The topological polar surface area (TPSA) is 56.8 Å². The Morgan fingerprint density at radius 1 is 1.05 bits per heavy atom. The van der Waals surface area contributed by atoms with Gasteiger partial charge in [-0.2, -0.15) is 0 Å². The van der Waals surface area contributed by atoms with Gasteiger partial charge in [0.2, 0.25) is 0 Å². The molecule has 0 spiro atoms. The van der Waals surface area contributed by atoms with Crippen molar-refractivity contribution >= 4 is 5.97 Å². The van der Waals surface area contributed by atoms with Crippen LogP contribution in [0, 0.1) is 0 Å². The lowest BCUT2D eigenvalue weighted by Gasteiger charge is -2.16. The van der Waals surface area contributed by atoms with Crippen molar-refractivity contribution in [3.8, 4) is 11.5 Å². The molecule has 0 aliphatic heterocycles. The molecule has 0 aromatic heterocycles. The lowest BCUT2D eigenvalue weighted by atomic mass is 10.2. The average Bonchev–Trinajstić information content (AvgIpc) is 2.48. The van der Waals surface area contributed by atoms with E-state index in [1.807, 2.05) is 38.1 Å². The number of carbonyl (C=O) groups is 1. The summed E-state index contributed by atoms with van der Waals surface area (Å²) in [5.74, 6) is 1.36. The van der Waals surface area contributed by atoms with Crippen LogP contribution in [-0.4, -0.2) is 38.4 Å². The molecule has 1 rings (SSSR count). The number of carbonyl (C=O) groups excluding carboxylic acids is 1. The number of ether oxygens (including phenoxy) is 3. The van der Waals surface area contributed by atoms with Crippen LogP contribution in [-0.2, 0) is 9.53 Å². The smallest absolute Gasteiger partial charge is 0.323 e. The highest BCUT2D eigenvalue weighted by molar-refractivity contribution is 5.75. The van der Waals surface area contributed by atoms with Crippen LogP contribution in [0.15, 0.2) is 24.3 Å². The molecule has 1 unspecified atom stereocenters. The summed E-state index contributed by atoms with van der Waals surface area (Å²) in [7, 11) is 0. The van der Waals surface area contributed by atoms with Crippen molar-refractivity contribution < 1.29 is 19.0 Å². The fourth-order valence-electron chi connectivity index (χ4n) is 1.89. The SMILES string of the molecule is CCNC(CCOc1ccc(OCC)cc1)C(=O)OCC. The molecule has 0 bridgehead atoms. The van der Waals surface area contributed by atoms with Crippen LogP contribution in [0.3, 0.4) is 0 Å². The molecular formula is C16H25NO4. The molecule has 0 aliphatic carbocycles. The third-order valence-electron chi connectivity index (χ3n) is 2.83. The van der Waals surface area contributed by atoms with Gasteiger partial charge in [0.1, 0.15) is 17.5 Å². The van der Waals surface area contributed by atoms with E-state index >= 15 is 0 Å². The largest absolute Gasteiger partial charge is 0.494 e. The zero-order chi connectivity index (χ0) is 15.5. The molecule has 1 atom stereocenters. The summed E-state index contributed by atoms with van der Waals surface area (Å²) in [6.07, 6.45) is 0.569. The van der Waals surface area contributed by atoms with E-state index in [2.05, 4.69) is 5.32 Å².